The van der Waals surface area contributed by atoms with Crippen LogP contribution in [-0.4, -0.2) is 16.8 Å². The van der Waals surface area contributed by atoms with Crippen molar-refractivity contribution in [3.63, 3.8) is 0 Å². The Hall–Kier alpha value is -1.84. The molecule has 0 radical (unpaired) electrons. The molecule has 1 heterocycles. The lowest BCUT2D eigenvalue weighted by Gasteiger charge is -2.15. The molecule has 0 aromatic carbocycles. The van der Waals surface area contributed by atoms with Crippen LogP contribution in [0.1, 0.15) is 19.4 Å². The Kier molecular flexibility index (Phi) is 4.05. The van der Waals surface area contributed by atoms with E-state index in [1.54, 1.807) is 6.20 Å². The molecule has 0 aliphatic rings. The summed E-state index contributed by atoms with van der Waals surface area (Å²) in [4.78, 5) is 8.10. The van der Waals surface area contributed by atoms with Gasteiger partial charge >= 0.3 is 0 Å². The van der Waals surface area contributed by atoms with Crippen molar-refractivity contribution in [2.45, 2.75) is 26.9 Å². The topological polar surface area (TPSA) is 60.5 Å². The van der Waals surface area contributed by atoms with Crippen molar-refractivity contribution in [2.75, 3.05) is 5.73 Å². The molecule has 0 fully saturated rings. The van der Waals surface area contributed by atoms with Crippen molar-refractivity contribution in [2.24, 2.45) is 4.99 Å². The van der Waals surface area contributed by atoms with Gasteiger partial charge in [0.2, 0.25) is 0 Å². The molecule has 1 aromatic heterocycles. The van der Waals surface area contributed by atoms with E-state index in [0.717, 1.165) is 11.3 Å². The molecule has 4 nitrogen and oxygen atoms in total. The van der Waals surface area contributed by atoms with E-state index in [1.807, 2.05) is 26.8 Å². The van der Waals surface area contributed by atoms with Crippen molar-refractivity contribution >= 4 is 11.5 Å². The molecule has 0 spiro atoms. The van der Waals surface area contributed by atoms with Gasteiger partial charge in [0.25, 0.3) is 0 Å². The van der Waals surface area contributed by atoms with E-state index >= 15 is 0 Å². The van der Waals surface area contributed by atoms with Crippen LogP contribution >= 0.6 is 0 Å². The van der Waals surface area contributed by atoms with Gasteiger partial charge in [-0.1, -0.05) is 6.58 Å². The molecule has 0 bridgehead atoms. The minimum Gasteiger partial charge on any atom is -0.481 e. The molecule has 0 saturated heterocycles. The number of rotatable bonds is 4. The predicted molar refractivity (Wildman–Crippen MR) is 66.8 cm³/mol. The summed E-state index contributed by atoms with van der Waals surface area (Å²) in [5.74, 6) is 0.981. The summed E-state index contributed by atoms with van der Waals surface area (Å²) in [5.41, 5.74) is 7.57. The van der Waals surface area contributed by atoms with Gasteiger partial charge in [-0.05, 0) is 32.4 Å². The second-order valence-electron chi connectivity index (χ2n) is 3.61. The number of hydrogen-bond acceptors (Lipinski definition) is 4. The highest BCUT2D eigenvalue weighted by molar-refractivity contribution is 5.86. The van der Waals surface area contributed by atoms with Crippen LogP contribution in [0.15, 0.2) is 30.0 Å². The molecule has 0 saturated carbocycles. The Labute approximate surface area is 95.9 Å². The van der Waals surface area contributed by atoms with E-state index in [1.165, 1.54) is 6.20 Å². The number of ether oxygens (including phenoxy) is 1. The first-order valence-electron chi connectivity index (χ1n) is 5.08. The quantitative estimate of drug-likeness (QED) is 0.791. The van der Waals surface area contributed by atoms with Crippen molar-refractivity contribution < 1.29 is 4.74 Å². The van der Waals surface area contributed by atoms with E-state index < -0.39 is 0 Å². The average molecular weight is 219 g/mol. The van der Waals surface area contributed by atoms with Gasteiger partial charge < -0.3 is 10.5 Å². The van der Waals surface area contributed by atoms with Gasteiger partial charge in [-0.25, -0.2) is 4.98 Å². The standard InChI is InChI=1S/C12H17N3O/c1-5-14-9(3)10(4)16-11-6-8(2)7-15-12(11)13/h5-7,10H,1H2,2-4H3,(H2,13,15). The lowest BCUT2D eigenvalue weighted by atomic mass is 10.2. The first kappa shape index (κ1) is 12.2. The highest BCUT2D eigenvalue weighted by Crippen LogP contribution is 2.21. The van der Waals surface area contributed by atoms with Gasteiger partial charge in [0, 0.05) is 12.4 Å². The summed E-state index contributed by atoms with van der Waals surface area (Å²) in [6, 6.07) is 1.86. The smallest absolute Gasteiger partial charge is 0.166 e. The summed E-state index contributed by atoms with van der Waals surface area (Å²) in [5, 5.41) is 0. The highest BCUT2D eigenvalue weighted by atomic mass is 16.5. The predicted octanol–water partition coefficient (Wildman–Crippen LogP) is 2.34. The number of nitrogens with zero attached hydrogens (tertiary/aromatic N) is 2. The first-order chi connectivity index (χ1) is 7.54. The number of nitrogens with two attached hydrogens (primary N) is 1. The molecule has 1 atom stereocenters. The summed E-state index contributed by atoms with van der Waals surface area (Å²) < 4.78 is 5.67. The van der Waals surface area contributed by atoms with Gasteiger partial charge in [-0.2, -0.15) is 0 Å². The number of anilines is 1. The molecule has 4 heteroatoms. The van der Waals surface area contributed by atoms with Gasteiger partial charge in [0.1, 0.15) is 6.10 Å². The number of pyridine rings is 1. The Morgan fingerprint density at radius 2 is 2.38 bits per heavy atom. The second-order valence-corrected chi connectivity index (χ2v) is 3.61. The van der Waals surface area contributed by atoms with Crippen LogP contribution in [-0.2, 0) is 0 Å². The minimum absolute atomic E-state index is 0.149. The Balaban J connectivity index is 2.84. The van der Waals surface area contributed by atoms with Crippen LogP contribution in [0.3, 0.4) is 0 Å². The van der Waals surface area contributed by atoms with Gasteiger partial charge in [-0.15, -0.1) is 0 Å². The van der Waals surface area contributed by atoms with Gasteiger partial charge in [-0.3, -0.25) is 4.99 Å². The third kappa shape index (κ3) is 3.08. The molecule has 1 rings (SSSR count). The van der Waals surface area contributed by atoms with Crippen LogP contribution in [0, 0.1) is 6.92 Å². The number of nitrogen functional groups attached to an aromatic ring is 1. The van der Waals surface area contributed by atoms with Gasteiger partial charge in [0.05, 0.1) is 5.71 Å². The highest BCUT2D eigenvalue weighted by Gasteiger charge is 2.10. The second kappa shape index (κ2) is 5.30. The maximum absolute atomic E-state index is 5.72. The van der Waals surface area contributed by atoms with Crippen LogP contribution in [0.4, 0.5) is 5.82 Å². The normalized spacial score (nSPS) is 13.3. The van der Waals surface area contributed by atoms with Crippen LogP contribution < -0.4 is 10.5 Å². The third-order valence-electron chi connectivity index (χ3n) is 2.21. The molecule has 1 aromatic rings. The molecule has 0 amide bonds. The molecule has 16 heavy (non-hydrogen) atoms. The first-order valence-corrected chi connectivity index (χ1v) is 5.08. The molecule has 1 unspecified atom stereocenters. The van der Waals surface area contributed by atoms with E-state index in [0.29, 0.717) is 11.6 Å². The fourth-order valence-corrected chi connectivity index (χ4v) is 1.17. The van der Waals surface area contributed by atoms with E-state index in [-0.39, 0.29) is 6.10 Å². The van der Waals surface area contributed by atoms with Crippen LogP contribution in [0.2, 0.25) is 0 Å². The third-order valence-corrected chi connectivity index (χ3v) is 2.21. The summed E-state index contributed by atoms with van der Waals surface area (Å²) >= 11 is 0. The molecular formula is C12H17N3O. The van der Waals surface area contributed by atoms with Crippen molar-refractivity contribution in [1.82, 2.24) is 4.98 Å². The maximum atomic E-state index is 5.72. The van der Waals surface area contributed by atoms with E-state index in [9.17, 15) is 0 Å². The Morgan fingerprint density at radius 1 is 1.69 bits per heavy atom. The van der Waals surface area contributed by atoms with E-state index in [2.05, 4.69) is 16.6 Å². The minimum atomic E-state index is -0.149. The summed E-state index contributed by atoms with van der Waals surface area (Å²) in [6.07, 6.45) is 3.05. The molecule has 2 N–H and O–H groups in total. The average Bonchev–Trinajstić information content (AvgIpc) is 2.23. The van der Waals surface area contributed by atoms with Crippen molar-refractivity contribution in [3.05, 3.63) is 30.6 Å². The molecule has 86 valence electrons. The maximum Gasteiger partial charge on any atom is 0.166 e. The number of hydrogen-bond donors (Lipinski definition) is 1. The zero-order valence-electron chi connectivity index (χ0n) is 9.90. The zero-order valence-corrected chi connectivity index (χ0v) is 9.90. The number of aryl methyl sites for hydroxylation is 1. The monoisotopic (exact) mass is 219 g/mol. The summed E-state index contributed by atoms with van der Waals surface area (Å²) in [6.45, 7) is 9.27. The molecule has 0 aliphatic heterocycles. The SMILES string of the molecule is C=CN=C(C)C(C)Oc1cc(C)cnc1N. The lowest BCUT2D eigenvalue weighted by Crippen LogP contribution is -2.21. The molecular weight excluding hydrogens is 202 g/mol. The number of aliphatic imine (C=N–C) groups is 1. The molecule has 0 aliphatic carbocycles. The van der Waals surface area contributed by atoms with Crippen molar-refractivity contribution in [3.8, 4) is 5.75 Å². The summed E-state index contributed by atoms with van der Waals surface area (Å²) in [7, 11) is 0. The lowest BCUT2D eigenvalue weighted by molar-refractivity contribution is 0.287. The fraction of sp³-hybridized carbons (Fsp3) is 0.333. The zero-order chi connectivity index (χ0) is 12.1. The van der Waals surface area contributed by atoms with E-state index in [4.69, 9.17) is 10.5 Å². The fourth-order valence-electron chi connectivity index (χ4n) is 1.17. The van der Waals surface area contributed by atoms with Gasteiger partial charge in [0.15, 0.2) is 11.6 Å². The number of aromatic nitrogens is 1. The Bertz CT molecular complexity index is 413. The van der Waals surface area contributed by atoms with Crippen LogP contribution in [0.5, 0.6) is 5.75 Å². The Morgan fingerprint density at radius 3 is 3.00 bits per heavy atom. The van der Waals surface area contributed by atoms with Crippen LogP contribution in [0.25, 0.3) is 0 Å². The largest absolute Gasteiger partial charge is 0.481 e. The van der Waals surface area contributed by atoms with Crippen molar-refractivity contribution in [1.29, 1.82) is 0 Å².